The molecule has 6 nitrogen and oxygen atoms in total. The summed E-state index contributed by atoms with van der Waals surface area (Å²) in [5.41, 5.74) is 4.95. The lowest BCUT2D eigenvalue weighted by molar-refractivity contribution is 0.0243. The van der Waals surface area contributed by atoms with E-state index >= 15 is 0 Å². The summed E-state index contributed by atoms with van der Waals surface area (Å²) < 4.78 is 15.4. The van der Waals surface area contributed by atoms with Gasteiger partial charge >= 0.3 is 5.97 Å². The van der Waals surface area contributed by atoms with Gasteiger partial charge in [-0.3, -0.25) is 0 Å². The number of hydrogen-bond acceptors (Lipinski definition) is 5. The summed E-state index contributed by atoms with van der Waals surface area (Å²) in [7, 11) is 0. The lowest BCUT2D eigenvalue weighted by Crippen LogP contribution is -2.31. The Kier molecular flexibility index (Phi) is 7.39. The molecule has 0 saturated carbocycles. The Bertz CT molecular complexity index is 1500. The van der Waals surface area contributed by atoms with Crippen LogP contribution in [0.1, 0.15) is 73.9 Å². The van der Waals surface area contributed by atoms with Crippen LogP contribution < -0.4 is 9.64 Å². The maximum atomic E-state index is 13.5. The summed E-state index contributed by atoms with van der Waals surface area (Å²) in [5.74, 6) is 0.823. The van der Waals surface area contributed by atoms with Crippen LogP contribution in [0.5, 0.6) is 5.75 Å². The molecule has 0 amide bonds. The highest BCUT2D eigenvalue weighted by Gasteiger charge is 2.53. The molecule has 3 heterocycles. The van der Waals surface area contributed by atoms with Crippen LogP contribution in [-0.2, 0) is 16.9 Å². The zero-order valence-electron chi connectivity index (χ0n) is 24.0. The molecule has 2 aromatic carbocycles. The number of para-hydroxylation sites is 1. The molecule has 5 rings (SSSR count). The van der Waals surface area contributed by atoms with Gasteiger partial charge in [0.15, 0.2) is 11.3 Å². The average Bonchev–Trinajstić information content (AvgIpc) is 3.40. The average molecular weight is 526 g/mol. The molecular weight excluding hydrogens is 486 g/mol. The normalized spacial score (nSPS) is 16.5. The molecule has 0 spiro atoms. The summed E-state index contributed by atoms with van der Waals surface area (Å²) in [4.78, 5) is 20.3. The Morgan fingerprint density at radius 1 is 1.03 bits per heavy atom. The molecule has 39 heavy (non-hydrogen) atoms. The third-order valence-electron chi connectivity index (χ3n) is 7.95. The molecular formula is C33H39N3O3. The van der Waals surface area contributed by atoms with Crippen molar-refractivity contribution in [3.63, 3.8) is 0 Å². The minimum atomic E-state index is -1.19. The Hall–Kier alpha value is -3.80. The maximum absolute atomic E-state index is 13.5. The summed E-state index contributed by atoms with van der Waals surface area (Å²) in [5, 5.41) is 1.06. The van der Waals surface area contributed by atoms with Crippen molar-refractivity contribution in [2.45, 2.75) is 60.1 Å². The van der Waals surface area contributed by atoms with Crippen LogP contribution >= 0.6 is 0 Å². The van der Waals surface area contributed by atoms with Gasteiger partial charge in [0, 0.05) is 70.9 Å². The van der Waals surface area contributed by atoms with Crippen molar-refractivity contribution in [3.05, 3.63) is 88.9 Å². The van der Waals surface area contributed by atoms with Crippen molar-refractivity contribution < 1.29 is 14.3 Å². The van der Waals surface area contributed by atoms with Crippen LogP contribution in [0.25, 0.3) is 10.9 Å². The molecule has 0 N–H and O–H groups in total. The molecule has 0 bridgehead atoms. The first-order valence-corrected chi connectivity index (χ1v) is 14.2. The highest BCUT2D eigenvalue weighted by Crippen LogP contribution is 2.53. The first-order chi connectivity index (χ1) is 18.9. The van der Waals surface area contributed by atoms with Crippen LogP contribution in [0.15, 0.2) is 60.8 Å². The molecule has 1 atom stereocenters. The van der Waals surface area contributed by atoms with Crippen LogP contribution in [0.4, 0.5) is 5.69 Å². The Balaban J connectivity index is 1.85. The quantitative estimate of drug-likeness (QED) is 0.207. The number of benzene rings is 2. The third kappa shape index (κ3) is 4.36. The van der Waals surface area contributed by atoms with Gasteiger partial charge in [-0.25, -0.2) is 9.78 Å². The lowest BCUT2D eigenvalue weighted by atomic mass is 9.78. The number of carbonyl (C=O) groups excluding carboxylic acids is 1. The van der Waals surface area contributed by atoms with E-state index in [9.17, 15) is 4.79 Å². The maximum Gasteiger partial charge on any atom is 0.358 e. The van der Waals surface area contributed by atoms with E-state index in [0.717, 1.165) is 70.8 Å². The number of hydrogen-bond donors (Lipinski definition) is 0. The van der Waals surface area contributed by atoms with E-state index in [4.69, 9.17) is 9.47 Å². The van der Waals surface area contributed by atoms with E-state index in [2.05, 4.69) is 92.4 Å². The van der Waals surface area contributed by atoms with Crippen LogP contribution in [0.3, 0.4) is 0 Å². The van der Waals surface area contributed by atoms with Crippen LogP contribution in [-0.4, -0.2) is 35.2 Å². The van der Waals surface area contributed by atoms with E-state index in [1.165, 1.54) is 0 Å². The predicted octanol–water partition coefficient (Wildman–Crippen LogP) is 7.10. The number of aromatic nitrogens is 2. The minimum Gasteiger partial charge on any atom is -0.493 e. The first-order valence-electron chi connectivity index (χ1n) is 14.2. The van der Waals surface area contributed by atoms with Gasteiger partial charge in [-0.15, -0.1) is 0 Å². The number of cyclic esters (lactones) is 1. The van der Waals surface area contributed by atoms with Crippen LogP contribution in [0.2, 0.25) is 0 Å². The molecule has 1 aliphatic heterocycles. The van der Waals surface area contributed by atoms with Gasteiger partial charge in [0.1, 0.15) is 5.75 Å². The number of esters is 1. The predicted molar refractivity (Wildman–Crippen MR) is 157 cm³/mol. The number of fused-ring (bicyclic) bond motifs is 2. The number of nitrogens with zero attached hydrogens (tertiary/aromatic N) is 3. The number of anilines is 1. The second-order valence-electron chi connectivity index (χ2n) is 10.6. The second kappa shape index (κ2) is 10.8. The van der Waals surface area contributed by atoms with Crippen molar-refractivity contribution >= 4 is 22.6 Å². The molecule has 0 saturated heterocycles. The number of aryl methyl sites for hydroxylation is 1. The molecule has 0 fully saturated rings. The molecule has 4 aromatic rings. The fraction of sp³-hybridized carbons (Fsp3) is 0.394. The topological polar surface area (TPSA) is 56.6 Å². The fourth-order valence-electron chi connectivity index (χ4n) is 6.01. The van der Waals surface area contributed by atoms with Gasteiger partial charge in [0.2, 0.25) is 0 Å². The highest BCUT2D eigenvalue weighted by atomic mass is 16.6. The lowest BCUT2D eigenvalue weighted by Gasteiger charge is -2.33. The van der Waals surface area contributed by atoms with Crippen molar-refractivity contribution in [2.75, 3.05) is 24.6 Å². The van der Waals surface area contributed by atoms with Crippen molar-refractivity contribution in [3.8, 4) is 5.75 Å². The number of pyridine rings is 1. The zero-order chi connectivity index (χ0) is 27.7. The summed E-state index contributed by atoms with van der Waals surface area (Å²) >= 11 is 0. The Labute approximate surface area is 231 Å². The highest BCUT2D eigenvalue weighted by molar-refractivity contribution is 5.97. The third-order valence-corrected chi connectivity index (χ3v) is 7.95. The summed E-state index contributed by atoms with van der Waals surface area (Å²) in [6, 6.07) is 18.5. The summed E-state index contributed by atoms with van der Waals surface area (Å²) in [6.07, 6.45) is 2.58. The SMILES string of the molecule is CCN(CC)c1ccc(C2(c3c(C)n(CC)c4ccccc34)OC(=O)c3ncccc32)c(OCCC(C)C)c1. The van der Waals surface area contributed by atoms with E-state index in [-0.39, 0.29) is 0 Å². The van der Waals surface area contributed by atoms with Gasteiger partial charge in [-0.05, 0) is 64.3 Å². The van der Waals surface area contributed by atoms with Crippen molar-refractivity contribution in [1.82, 2.24) is 9.55 Å². The zero-order valence-corrected chi connectivity index (χ0v) is 24.0. The molecule has 2 aromatic heterocycles. The Morgan fingerprint density at radius 3 is 2.51 bits per heavy atom. The Morgan fingerprint density at radius 2 is 1.79 bits per heavy atom. The van der Waals surface area contributed by atoms with E-state index in [0.29, 0.717) is 18.2 Å². The van der Waals surface area contributed by atoms with Gasteiger partial charge in [-0.2, -0.15) is 0 Å². The van der Waals surface area contributed by atoms with Gasteiger partial charge < -0.3 is 18.9 Å². The fourth-order valence-corrected chi connectivity index (χ4v) is 6.01. The van der Waals surface area contributed by atoms with Crippen LogP contribution in [0, 0.1) is 12.8 Å². The largest absolute Gasteiger partial charge is 0.493 e. The van der Waals surface area contributed by atoms with E-state index in [1.54, 1.807) is 6.20 Å². The van der Waals surface area contributed by atoms with Gasteiger partial charge in [0.05, 0.1) is 6.61 Å². The van der Waals surface area contributed by atoms with Crippen molar-refractivity contribution in [2.24, 2.45) is 5.92 Å². The first kappa shape index (κ1) is 26.8. The molecule has 204 valence electrons. The summed E-state index contributed by atoms with van der Waals surface area (Å²) in [6.45, 7) is 16.1. The standard InChI is InChI=1S/C33H39N3O3/c1-7-35(8-2)24-16-17-26(29(21-24)38-20-18-22(4)5)33(27-14-12-19-34-31(27)32(37)39-33)30-23(6)36(9-3)28-15-11-10-13-25(28)30/h10-17,19,21-22H,7-9,18,20H2,1-6H3. The molecule has 1 aliphatic rings. The number of carbonyl (C=O) groups is 1. The molecule has 0 radical (unpaired) electrons. The van der Waals surface area contributed by atoms with E-state index < -0.39 is 11.6 Å². The number of rotatable bonds is 10. The van der Waals surface area contributed by atoms with E-state index in [1.807, 2.05) is 18.2 Å². The second-order valence-corrected chi connectivity index (χ2v) is 10.6. The number of ether oxygens (including phenoxy) is 2. The van der Waals surface area contributed by atoms with Gasteiger partial charge in [0.25, 0.3) is 0 Å². The smallest absolute Gasteiger partial charge is 0.358 e. The molecule has 1 unspecified atom stereocenters. The minimum absolute atomic E-state index is 0.353. The molecule has 6 heteroatoms. The monoisotopic (exact) mass is 525 g/mol. The van der Waals surface area contributed by atoms with Crippen molar-refractivity contribution in [1.29, 1.82) is 0 Å². The molecule has 0 aliphatic carbocycles. The van der Waals surface area contributed by atoms with Gasteiger partial charge in [-0.1, -0.05) is 38.1 Å².